The van der Waals surface area contributed by atoms with E-state index < -0.39 is 11.0 Å². The molecule has 0 spiro atoms. The van der Waals surface area contributed by atoms with Crippen molar-refractivity contribution in [2.75, 3.05) is 30.0 Å². The maximum atomic E-state index is 11.4. The largest absolute Gasteiger partial charge is 0.361 e. The fourth-order valence-electron chi connectivity index (χ4n) is 2.22. The third kappa shape index (κ3) is 4.91. The molecule has 4 N–H and O–H groups in total. The second kappa shape index (κ2) is 8.76. The summed E-state index contributed by atoms with van der Waals surface area (Å²) in [6.45, 7) is 3.66. The van der Waals surface area contributed by atoms with Gasteiger partial charge in [0.15, 0.2) is 5.13 Å². The van der Waals surface area contributed by atoms with Crippen LogP contribution in [0.5, 0.6) is 0 Å². The topological polar surface area (TPSA) is 106 Å². The van der Waals surface area contributed by atoms with Gasteiger partial charge in [0.25, 0.3) is 0 Å². The van der Waals surface area contributed by atoms with E-state index in [1.165, 1.54) is 11.3 Å². The lowest BCUT2D eigenvalue weighted by Gasteiger charge is -2.13. The van der Waals surface area contributed by atoms with Crippen molar-refractivity contribution in [1.82, 2.24) is 15.0 Å². The van der Waals surface area contributed by atoms with Gasteiger partial charge in [-0.1, -0.05) is 18.3 Å². The number of nitrogens with one attached hydrogen (secondary N) is 2. The summed E-state index contributed by atoms with van der Waals surface area (Å²) >= 11 is 3.15. The molecule has 0 saturated carbocycles. The van der Waals surface area contributed by atoms with Gasteiger partial charge in [-0.2, -0.15) is 0 Å². The number of nitrogens with two attached hydrogens (primary N) is 1. The number of fused-ring (bicyclic) bond motifs is 1. The standard InChI is InChI=1S/C16H20N6OS3/c1-10(6-18-15-19-8-11(24-2)9-20-15)7-21-16-22-13-4-3-12(26(17)23)5-14(13)25-16/h3-5,8-10H,6-7,17H2,1-2H3,(H,21,22)(H,18,19,20)/t10-,26?/m0/s1. The van der Waals surface area contributed by atoms with Gasteiger partial charge < -0.3 is 10.6 Å². The van der Waals surface area contributed by atoms with Crippen LogP contribution in [0.2, 0.25) is 0 Å². The van der Waals surface area contributed by atoms with E-state index in [0.29, 0.717) is 16.8 Å². The molecule has 2 heterocycles. The van der Waals surface area contributed by atoms with Crippen molar-refractivity contribution >= 4 is 55.4 Å². The van der Waals surface area contributed by atoms with Gasteiger partial charge in [0.05, 0.1) is 15.1 Å². The van der Waals surface area contributed by atoms with Crippen LogP contribution in [-0.2, 0) is 11.0 Å². The molecule has 1 aromatic carbocycles. The van der Waals surface area contributed by atoms with Gasteiger partial charge in [-0.3, -0.25) is 0 Å². The van der Waals surface area contributed by atoms with Gasteiger partial charge in [-0.15, -0.1) is 11.8 Å². The normalized spacial score (nSPS) is 13.5. The van der Waals surface area contributed by atoms with Crippen LogP contribution in [0.15, 0.2) is 40.4 Å². The Labute approximate surface area is 162 Å². The number of thiazole rings is 1. The third-order valence-corrected chi connectivity index (χ3v) is 6.04. The number of anilines is 2. The fraction of sp³-hybridized carbons (Fsp3) is 0.312. The lowest BCUT2D eigenvalue weighted by Crippen LogP contribution is -2.20. The highest BCUT2D eigenvalue weighted by atomic mass is 32.2. The van der Waals surface area contributed by atoms with E-state index >= 15 is 0 Å². The van der Waals surface area contributed by atoms with Crippen LogP contribution in [0.1, 0.15) is 6.92 Å². The summed E-state index contributed by atoms with van der Waals surface area (Å²) in [6, 6.07) is 5.42. The van der Waals surface area contributed by atoms with Crippen molar-refractivity contribution in [3.05, 3.63) is 30.6 Å². The Balaban J connectivity index is 1.52. The second-order valence-electron chi connectivity index (χ2n) is 5.76. The minimum absolute atomic E-state index is 0.359. The number of aromatic nitrogens is 3. The molecule has 26 heavy (non-hydrogen) atoms. The average Bonchev–Trinajstić information content (AvgIpc) is 3.07. The van der Waals surface area contributed by atoms with Crippen LogP contribution in [0.4, 0.5) is 11.1 Å². The molecule has 0 bridgehead atoms. The summed E-state index contributed by atoms with van der Waals surface area (Å²) in [4.78, 5) is 14.8. The van der Waals surface area contributed by atoms with E-state index in [1.54, 1.807) is 17.8 Å². The monoisotopic (exact) mass is 408 g/mol. The number of benzene rings is 1. The van der Waals surface area contributed by atoms with Crippen molar-refractivity contribution in [1.29, 1.82) is 0 Å². The zero-order chi connectivity index (χ0) is 18.5. The number of hydrogen-bond donors (Lipinski definition) is 3. The number of thioether (sulfide) groups is 1. The molecule has 0 amide bonds. The van der Waals surface area contributed by atoms with E-state index in [1.807, 2.05) is 30.8 Å². The summed E-state index contributed by atoms with van der Waals surface area (Å²) in [6.07, 6.45) is 5.62. The smallest absolute Gasteiger partial charge is 0.222 e. The highest BCUT2D eigenvalue weighted by molar-refractivity contribution is 7.98. The minimum atomic E-state index is -1.47. The zero-order valence-corrected chi connectivity index (χ0v) is 16.9. The van der Waals surface area contributed by atoms with Crippen molar-refractivity contribution < 1.29 is 4.21 Å². The van der Waals surface area contributed by atoms with Crippen LogP contribution in [0.3, 0.4) is 0 Å². The van der Waals surface area contributed by atoms with Gasteiger partial charge in [-0.05, 0) is 30.4 Å². The molecule has 0 radical (unpaired) electrons. The summed E-state index contributed by atoms with van der Waals surface area (Å²) in [7, 11) is -1.47. The molecule has 3 rings (SSSR count). The predicted molar refractivity (Wildman–Crippen MR) is 110 cm³/mol. The van der Waals surface area contributed by atoms with Crippen LogP contribution < -0.4 is 15.8 Å². The number of nitrogens with zero attached hydrogens (tertiary/aromatic N) is 3. The van der Waals surface area contributed by atoms with E-state index in [0.717, 1.165) is 33.3 Å². The van der Waals surface area contributed by atoms with Gasteiger partial charge >= 0.3 is 0 Å². The Bertz CT molecular complexity index is 899. The van der Waals surface area contributed by atoms with E-state index in [4.69, 9.17) is 5.14 Å². The molecular formula is C16H20N6OS3. The molecule has 2 aromatic heterocycles. The van der Waals surface area contributed by atoms with Gasteiger partial charge in [0.2, 0.25) is 5.95 Å². The van der Waals surface area contributed by atoms with Crippen molar-refractivity contribution in [3.8, 4) is 0 Å². The maximum Gasteiger partial charge on any atom is 0.222 e. The van der Waals surface area contributed by atoms with Crippen LogP contribution in [0.25, 0.3) is 10.2 Å². The second-order valence-corrected chi connectivity index (χ2v) is 8.74. The van der Waals surface area contributed by atoms with Crippen molar-refractivity contribution in [2.24, 2.45) is 11.1 Å². The van der Waals surface area contributed by atoms with Gasteiger partial charge in [-0.25, -0.2) is 24.3 Å². The zero-order valence-electron chi connectivity index (χ0n) is 14.4. The summed E-state index contributed by atoms with van der Waals surface area (Å²) in [5.41, 5.74) is 0.875. The third-order valence-electron chi connectivity index (χ3n) is 3.67. The maximum absolute atomic E-state index is 11.4. The number of rotatable bonds is 8. The van der Waals surface area contributed by atoms with Gasteiger partial charge in [0, 0.05) is 30.4 Å². The molecule has 0 aliphatic carbocycles. The molecule has 2 atom stereocenters. The Kier molecular flexibility index (Phi) is 6.41. The summed E-state index contributed by atoms with van der Waals surface area (Å²) < 4.78 is 12.3. The molecule has 3 aromatic rings. The molecule has 1 unspecified atom stereocenters. The molecule has 7 nitrogen and oxygen atoms in total. The molecule has 0 aliphatic heterocycles. The van der Waals surface area contributed by atoms with E-state index in [-0.39, 0.29) is 0 Å². The summed E-state index contributed by atoms with van der Waals surface area (Å²) in [5, 5.41) is 12.9. The lowest BCUT2D eigenvalue weighted by atomic mass is 10.2. The van der Waals surface area contributed by atoms with Crippen molar-refractivity contribution in [2.45, 2.75) is 16.7 Å². The quantitative estimate of drug-likeness (QED) is 0.492. The Morgan fingerprint density at radius 1 is 1.27 bits per heavy atom. The molecule has 0 fully saturated rings. The minimum Gasteiger partial charge on any atom is -0.361 e. The van der Waals surface area contributed by atoms with Crippen LogP contribution in [0, 0.1) is 5.92 Å². The summed E-state index contributed by atoms with van der Waals surface area (Å²) in [5.74, 6) is 0.995. The first-order valence-electron chi connectivity index (χ1n) is 7.95. The van der Waals surface area contributed by atoms with Gasteiger partial charge in [0.1, 0.15) is 11.0 Å². The SMILES string of the molecule is CSc1cnc(NC[C@H](C)CNc2nc3ccc(S(N)=O)cc3s2)nc1. The highest BCUT2D eigenvalue weighted by Crippen LogP contribution is 2.27. The molecule has 0 aliphatic rings. The van der Waals surface area contributed by atoms with Crippen LogP contribution >= 0.6 is 23.1 Å². The van der Waals surface area contributed by atoms with Crippen molar-refractivity contribution in [3.63, 3.8) is 0 Å². The first kappa shape index (κ1) is 19.0. The molecule has 138 valence electrons. The fourth-order valence-corrected chi connectivity index (χ4v) is 3.96. The molecule has 10 heteroatoms. The van der Waals surface area contributed by atoms with Crippen LogP contribution in [-0.4, -0.2) is 38.5 Å². The lowest BCUT2D eigenvalue weighted by molar-refractivity contribution is 0.645. The predicted octanol–water partition coefficient (Wildman–Crippen LogP) is 2.95. The molecule has 0 saturated heterocycles. The first-order chi connectivity index (χ1) is 12.5. The van der Waals surface area contributed by atoms with E-state index in [2.05, 4.69) is 32.5 Å². The highest BCUT2D eigenvalue weighted by Gasteiger charge is 2.08. The number of hydrogen-bond acceptors (Lipinski definition) is 8. The Morgan fingerprint density at radius 3 is 2.69 bits per heavy atom. The van der Waals surface area contributed by atoms with E-state index in [9.17, 15) is 4.21 Å². The molecular weight excluding hydrogens is 388 g/mol. The Hall–Kier alpha value is -1.75. The first-order valence-corrected chi connectivity index (χ1v) is 11.2. The Morgan fingerprint density at radius 2 is 2.00 bits per heavy atom. The average molecular weight is 409 g/mol.